The number of aromatic nitrogens is 4. The van der Waals surface area contributed by atoms with Gasteiger partial charge >= 0.3 is 5.97 Å². The first kappa shape index (κ1) is 13.5. The van der Waals surface area contributed by atoms with Crippen LogP contribution in [0.4, 0.5) is 0 Å². The van der Waals surface area contributed by atoms with Crippen molar-refractivity contribution in [1.82, 2.24) is 20.1 Å². The van der Waals surface area contributed by atoms with Crippen molar-refractivity contribution in [1.29, 1.82) is 0 Å². The fourth-order valence-corrected chi connectivity index (χ4v) is 1.82. The highest BCUT2D eigenvalue weighted by molar-refractivity contribution is 5.72. The molecule has 0 aliphatic carbocycles. The molecular weight excluding hydrogens is 244 g/mol. The number of fused-ring (bicyclic) bond motifs is 1. The summed E-state index contributed by atoms with van der Waals surface area (Å²) in [6, 6.07) is 3.53. The standard InChI is InChI=1S/C13H18N4O2/c1-2-3-4-5-6-9-12(18)19-17-13-11(15-16-17)8-7-10-14-13/h7-8,10H,2-6,9H2,1H3. The van der Waals surface area contributed by atoms with E-state index in [9.17, 15) is 4.79 Å². The van der Waals surface area contributed by atoms with Crippen LogP contribution in [0.15, 0.2) is 18.3 Å². The monoisotopic (exact) mass is 262 g/mol. The number of hydrogen-bond donors (Lipinski definition) is 0. The van der Waals surface area contributed by atoms with Crippen molar-refractivity contribution >= 4 is 17.1 Å². The van der Waals surface area contributed by atoms with Crippen LogP contribution >= 0.6 is 0 Å². The predicted octanol–water partition coefficient (Wildman–Crippen LogP) is 2.14. The van der Waals surface area contributed by atoms with Crippen LogP contribution in [0.2, 0.25) is 0 Å². The highest BCUT2D eigenvalue weighted by Crippen LogP contribution is 2.07. The first-order valence-corrected chi connectivity index (χ1v) is 6.69. The maximum Gasteiger partial charge on any atom is 0.335 e. The Morgan fingerprint density at radius 1 is 1.32 bits per heavy atom. The Morgan fingerprint density at radius 3 is 3.00 bits per heavy atom. The quantitative estimate of drug-likeness (QED) is 0.564. The average molecular weight is 262 g/mol. The first-order valence-electron chi connectivity index (χ1n) is 6.69. The lowest BCUT2D eigenvalue weighted by molar-refractivity contribution is -0.145. The van der Waals surface area contributed by atoms with Gasteiger partial charge < -0.3 is 4.84 Å². The third-order valence-corrected chi connectivity index (χ3v) is 2.85. The van der Waals surface area contributed by atoms with E-state index in [-0.39, 0.29) is 5.97 Å². The third kappa shape index (κ3) is 3.74. The molecule has 0 amide bonds. The van der Waals surface area contributed by atoms with E-state index in [0.717, 1.165) is 24.1 Å². The summed E-state index contributed by atoms with van der Waals surface area (Å²) in [6.45, 7) is 2.16. The van der Waals surface area contributed by atoms with Gasteiger partial charge in [-0.3, -0.25) is 0 Å². The van der Waals surface area contributed by atoms with Crippen LogP contribution < -0.4 is 4.84 Å². The van der Waals surface area contributed by atoms with Crippen LogP contribution in [0, 0.1) is 0 Å². The van der Waals surface area contributed by atoms with Crippen LogP contribution in [0.5, 0.6) is 0 Å². The lowest BCUT2D eigenvalue weighted by atomic mass is 10.1. The van der Waals surface area contributed by atoms with Crippen LogP contribution in [-0.4, -0.2) is 26.1 Å². The number of unbranched alkanes of at least 4 members (excludes halogenated alkanes) is 4. The summed E-state index contributed by atoms with van der Waals surface area (Å²) in [5, 5.41) is 7.62. The molecule has 0 fully saturated rings. The van der Waals surface area contributed by atoms with E-state index in [1.165, 1.54) is 12.8 Å². The minimum absolute atomic E-state index is 0.297. The van der Waals surface area contributed by atoms with Crippen molar-refractivity contribution in [2.45, 2.75) is 45.4 Å². The number of rotatable bonds is 7. The molecule has 2 aromatic rings. The van der Waals surface area contributed by atoms with Crippen molar-refractivity contribution in [3.8, 4) is 0 Å². The summed E-state index contributed by atoms with van der Waals surface area (Å²) in [5.74, 6) is -0.297. The smallest absolute Gasteiger partial charge is 0.316 e. The Bertz CT molecular complexity index is 538. The molecular formula is C13H18N4O2. The van der Waals surface area contributed by atoms with Gasteiger partial charge in [-0.05, 0) is 28.6 Å². The minimum Gasteiger partial charge on any atom is -0.316 e. The second-order valence-electron chi connectivity index (χ2n) is 4.44. The van der Waals surface area contributed by atoms with E-state index in [1.807, 2.05) is 0 Å². The number of hydrogen-bond acceptors (Lipinski definition) is 5. The van der Waals surface area contributed by atoms with E-state index < -0.39 is 0 Å². The van der Waals surface area contributed by atoms with Crippen molar-refractivity contribution in [2.75, 3.05) is 0 Å². The van der Waals surface area contributed by atoms with Gasteiger partial charge in [-0.1, -0.05) is 32.6 Å². The molecule has 2 aromatic heterocycles. The molecule has 0 saturated heterocycles. The molecule has 0 unspecified atom stereocenters. The molecule has 102 valence electrons. The molecule has 6 heteroatoms. The fourth-order valence-electron chi connectivity index (χ4n) is 1.82. The molecule has 0 N–H and O–H groups in total. The summed E-state index contributed by atoms with van der Waals surface area (Å²) < 4.78 is 0. The Kier molecular flexibility index (Phi) is 4.83. The van der Waals surface area contributed by atoms with Crippen LogP contribution in [0.3, 0.4) is 0 Å². The molecule has 2 rings (SSSR count). The Hall–Kier alpha value is -1.98. The molecule has 0 aromatic carbocycles. The molecule has 2 heterocycles. The van der Waals surface area contributed by atoms with Crippen molar-refractivity contribution in [3.05, 3.63) is 18.3 Å². The number of carbonyl (C=O) groups is 1. The minimum atomic E-state index is -0.297. The molecule has 19 heavy (non-hydrogen) atoms. The second kappa shape index (κ2) is 6.82. The molecule has 0 radical (unpaired) electrons. The molecule has 0 spiro atoms. The number of carbonyl (C=O) groups excluding carboxylic acids is 1. The van der Waals surface area contributed by atoms with E-state index in [0.29, 0.717) is 17.6 Å². The van der Waals surface area contributed by atoms with Gasteiger partial charge in [-0.25, -0.2) is 9.78 Å². The van der Waals surface area contributed by atoms with Crippen molar-refractivity contribution in [3.63, 3.8) is 0 Å². The van der Waals surface area contributed by atoms with Crippen molar-refractivity contribution in [2.24, 2.45) is 0 Å². The molecule has 0 aliphatic rings. The fraction of sp³-hybridized carbons (Fsp3) is 0.538. The highest BCUT2D eigenvalue weighted by atomic mass is 16.7. The second-order valence-corrected chi connectivity index (χ2v) is 4.44. The van der Waals surface area contributed by atoms with E-state index in [1.54, 1.807) is 18.3 Å². The Labute approximate surface area is 111 Å². The molecule has 0 saturated carbocycles. The Balaban J connectivity index is 1.82. The van der Waals surface area contributed by atoms with E-state index in [2.05, 4.69) is 22.2 Å². The van der Waals surface area contributed by atoms with Gasteiger partial charge in [0, 0.05) is 12.6 Å². The summed E-state index contributed by atoms with van der Waals surface area (Å²) in [6.07, 6.45) is 7.49. The van der Waals surface area contributed by atoms with Gasteiger partial charge in [0.2, 0.25) is 5.65 Å². The first-order chi connectivity index (χ1) is 9.31. The van der Waals surface area contributed by atoms with Gasteiger partial charge in [-0.15, -0.1) is 5.10 Å². The van der Waals surface area contributed by atoms with E-state index >= 15 is 0 Å². The number of pyridine rings is 1. The summed E-state index contributed by atoms with van der Waals surface area (Å²) in [5.41, 5.74) is 1.07. The average Bonchev–Trinajstić information content (AvgIpc) is 2.82. The predicted molar refractivity (Wildman–Crippen MR) is 70.3 cm³/mol. The van der Waals surface area contributed by atoms with Crippen LogP contribution in [0.25, 0.3) is 11.2 Å². The summed E-state index contributed by atoms with van der Waals surface area (Å²) in [4.78, 5) is 21.9. The zero-order chi connectivity index (χ0) is 13.5. The molecule has 6 nitrogen and oxygen atoms in total. The third-order valence-electron chi connectivity index (χ3n) is 2.85. The molecule has 0 aliphatic heterocycles. The summed E-state index contributed by atoms with van der Waals surface area (Å²) in [7, 11) is 0. The van der Waals surface area contributed by atoms with Gasteiger partial charge in [0.1, 0.15) is 5.52 Å². The Morgan fingerprint density at radius 2 is 2.16 bits per heavy atom. The summed E-state index contributed by atoms with van der Waals surface area (Å²) >= 11 is 0. The SMILES string of the molecule is CCCCCCCC(=O)On1nnc2cccnc21. The maximum atomic E-state index is 11.6. The zero-order valence-corrected chi connectivity index (χ0v) is 11.1. The van der Waals surface area contributed by atoms with Crippen LogP contribution in [-0.2, 0) is 4.79 Å². The van der Waals surface area contributed by atoms with E-state index in [4.69, 9.17) is 4.84 Å². The van der Waals surface area contributed by atoms with Gasteiger partial charge in [0.25, 0.3) is 0 Å². The lowest BCUT2D eigenvalue weighted by Crippen LogP contribution is -2.21. The van der Waals surface area contributed by atoms with Gasteiger partial charge in [0.15, 0.2) is 0 Å². The van der Waals surface area contributed by atoms with Crippen molar-refractivity contribution < 1.29 is 9.63 Å². The normalized spacial score (nSPS) is 10.8. The largest absolute Gasteiger partial charge is 0.335 e. The molecule has 0 atom stereocenters. The van der Waals surface area contributed by atoms with Gasteiger partial charge in [0.05, 0.1) is 0 Å². The lowest BCUT2D eigenvalue weighted by Gasteiger charge is -2.02. The highest BCUT2D eigenvalue weighted by Gasteiger charge is 2.10. The van der Waals surface area contributed by atoms with Crippen LogP contribution in [0.1, 0.15) is 45.4 Å². The maximum absolute atomic E-state index is 11.6. The van der Waals surface area contributed by atoms with Gasteiger partial charge in [-0.2, -0.15) is 0 Å². The number of nitrogens with zero attached hydrogens (tertiary/aromatic N) is 4. The molecule has 0 bridgehead atoms. The topological polar surface area (TPSA) is 69.9 Å². The zero-order valence-electron chi connectivity index (χ0n) is 11.1.